The zero-order chi connectivity index (χ0) is 15.2. The minimum absolute atomic E-state index is 0.519. The number of aliphatic carboxylic acids is 1. The Kier molecular flexibility index (Phi) is 4.66. The maximum absolute atomic E-state index is 10.8. The third kappa shape index (κ3) is 4.14. The van der Waals surface area contributed by atoms with E-state index in [1.54, 1.807) is 30.7 Å². The van der Waals surface area contributed by atoms with E-state index < -0.39 is 12.1 Å². The summed E-state index contributed by atoms with van der Waals surface area (Å²) in [6.07, 6.45) is 6.02. The van der Waals surface area contributed by atoms with Crippen LogP contribution in [0.5, 0.6) is 5.75 Å². The molecule has 108 valence electrons. The standard InChI is InChI=1S/C16H16N2O3/c1-11(15-10-17-6-7-18-15)8-13-4-3-5-14(9-13)21-12(2)16(19)20/h3-10,12H,1-2H3,(H,19,20). The molecule has 1 N–H and O–H groups in total. The first-order valence-electron chi connectivity index (χ1n) is 6.50. The average Bonchev–Trinajstić information content (AvgIpc) is 2.48. The summed E-state index contributed by atoms with van der Waals surface area (Å²) >= 11 is 0. The molecule has 1 atom stereocenters. The third-order valence-electron chi connectivity index (χ3n) is 2.87. The predicted molar refractivity (Wildman–Crippen MR) is 79.7 cm³/mol. The molecule has 0 aliphatic carbocycles. The molecule has 2 aromatic rings. The Morgan fingerprint density at radius 2 is 2.19 bits per heavy atom. The lowest BCUT2D eigenvalue weighted by atomic mass is 10.1. The van der Waals surface area contributed by atoms with E-state index >= 15 is 0 Å². The van der Waals surface area contributed by atoms with Gasteiger partial charge in [-0.15, -0.1) is 0 Å². The van der Waals surface area contributed by atoms with Gasteiger partial charge >= 0.3 is 5.97 Å². The molecule has 0 aliphatic heterocycles. The van der Waals surface area contributed by atoms with Crippen LogP contribution < -0.4 is 4.74 Å². The lowest BCUT2D eigenvalue weighted by Gasteiger charge is -2.10. The largest absolute Gasteiger partial charge is 0.479 e. The van der Waals surface area contributed by atoms with E-state index in [1.807, 2.05) is 25.1 Å². The van der Waals surface area contributed by atoms with Crippen molar-refractivity contribution >= 4 is 17.6 Å². The summed E-state index contributed by atoms with van der Waals surface area (Å²) in [4.78, 5) is 19.1. The summed E-state index contributed by atoms with van der Waals surface area (Å²) < 4.78 is 5.35. The number of carboxylic acid groups (broad SMARTS) is 1. The third-order valence-corrected chi connectivity index (χ3v) is 2.87. The Balaban J connectivity index is 2.20. The van der Waals surface area contributed by atoms with Gasteiger partial charge in [0.15, 0.2) is 6.10 Å². The number of carbonyl (C=O) groups is 1. The first kappa shape index (κ1) is 14.7. The summed E-state index contributed by atoms with van der Waals surface area (Å²) in [5, 5.41) is 8.85. The highest BCUT2D eigenvalue weighted by atomic mass is 16.5. The molecule has 21 heavy (non-hydrogen) atoms. The van der Waals surface area contributed by atoms with Gasteiger partial charge in [-0.3, -0.25) is 9.97 Å². The van der Waals surface area contributed by atoms with Gasteiger partial charge in [0.2, 0.25) is 0 Å². The van der Waals surface area contributed by atoms with Gasteiger partial charge in [-0.25, -0.2) is 4.79 Å². The van der Waals surface area contributed by atoms with Crippen molar-refractivity contribution in [1.29, 1.82) is 0 Å². The number of aromatic nitrogens is 2. The van der Waals surface area contributed by atoms with Gasteiger partial charge in [0.25, 0.3) is 0 Å². The summed E-state index contributed by atoms with van der Waals surface area (Å²) in [5.41, 5.74) is 2.67. The minimum atomic E-state index is -0.994. The molecule has 1 aromatic carbocycles. The van der Waals surface area contributed by atoms with Crippen molar-refractivity contribution in [3.63, 3.8) is 0 Å². The van der Waals surface area contributed by atoms with Crippen molar-refractivity contribution in [2.75, 3.05) is 0 Å². The fourth-order valence-corrected chi connectivity index (χ4v) is 1.76. The van der Waals surface area contributed by atoms with Crippen LogP contribution in [0.1, 0.15) is 25.1 Å². The number of allylic oxidation sites excluding steroid dienone is 1. The van der Waals surface area contributed by atoms with Crippen LogP contribution >= 0.6 is 0 Å². The Labute approximate surface area is 122 Å². The lowest BCUT2D eigenvalue weighted by Crippen LogP contribution is -2.22. The summed E-state index contributed by atoms with van der Waals surface area (Å²) in [6.45, 7) is 3.44. The fourth-order valence-electron chi connectivity index (χ4n) is 1.76. The molecule has 5 heteroatoms. The smallest absolute Gasteiger partial charge is 0.344 e. The van der Waals surface area contributed by atoms with Crippen molar-refractivity contribution in [2.45, 2.75) is 20.0 Å². The molecular weight excluding hydrogens is 268 g/mol. The molecule has 5 nitrogen and oxygen atoms in total. The van der Waals surface area contributed by atoms with E-state index in [4.69, 9.17) is 9.84 Å². The number of hydrogen-bond acceptors (Lipinski definition) is 4. The van der Waals surface area contributed by atoms with Crippen LogP contribution in [-0.2, 0) is 4.79 Å². The molecule has 1 aromatic heterocycles. The Bertz CT molecular complexity index is 654. The molecule has 0 spiro atoms. The second-order valence-corrected chi connectivity index (χ2v) is 4.59. The van der Waals surface area contributed by atoms with Gasteiger partial charge in [0.1, 0.15) is 5.75 Å². The van der Waals surface area contributed by atoms with Gasteiger partial charge in [0, 0.05) is 12.4 Å². The van der Waals surface area contributed by atoms with Gasteiger partial charge in [-0.2, -0.15) is 0 Å². The van der Waals surface area contributed by atoms with E-state index in [0.717, 1.165) is 16.8 Å². The highest BCUT2D eigenvalue weighted by Crippen LogP contribution is 2.19. The lowest BCUT2D eigenvalue weighted by molar-refractivity contribution is -0.144. The highest BCUT2D eigenvalue weighted by Gasteiger charge is 2.12. The number of rotatable bonds is 5. The van der Waals surface area contributed by atoms with Crippen molar-refractivity contribution in [1.82, 2.24) is 9.97 Å². The Morgan fingerprint density at radius 1 is 1.38 bits per heavy atom. The maximum Gasteiger partial charge on any atom is 0.344 e. The van der Waals surface area contributed by atoms with Crippen LogP contribution in [0.2, 0.25) is 0 Å². The quantitative estimate of drug-likeness (QED) is 0.914. The normalized spacial score (nSPS) is 12.8. The molecule has 0 saturated heterocycles. The average molecular weight is 284 g/mol. The second-order valence-electron chi connectivity index (χ2n) is 4.59. The van der Waals surface area contributed by atoms with Crippen LogP contribution in [0.3, 0.4) is 0 Å². The first-order valence-corrected chi connectivity index (χ1v) is 6.50. The fraction of sp³-hybridized carbons (Fsp3) is 0.188. The van der Waals surface area contributed by atoms with Gasteiger partial charge in [0.05, 0.1) is 11.9 Å². The van der Waals surface area contributed by atoms with Gasteiger partial charge in [-0.1, -0.05) is 12.1 Å². The van der Waals surface area contributed by atoms with E-state index in [2.05, 4.69) is 9.97 Å². The first-order chi connectivity index (χ1) is 10.1. The van der Waals surface area contributed by atoms with E-state index in [1.165, 1.54) is 6.92 Å². The zero-order valence-corrected chi connectivity index (χ0v) is 11.9. The number of carboxylic acids is 1. The molecule has 0 bridgehead atoms. The number of nitrogens with zero attached hydrogens (tertiary/aromatic N) is 2. The van der Waals surface area contributed by atoms with E-state index in [9.17, 15) is 4.79 Å². The van der Waals surface area contributed by atoms with Crippen LogP contribution in [0.15, 0.2) is 42.9 Å². The predicted octanol–water partition coefficient (Wildman–Crippen LogP) is 2.89. The van der Waals surface area contributed by atoms with Crippen LogP contribution in [0.25, 0.3) is 11.6 Å². The molecule has 1 heterocycles. The molecular formula is C16H16N2O3. The van der Waals surface area contributed by atoms with Crippen LogP contribution in [0.4, 0.5) is 0 Å². The maximum atomic E-state index is 10.8. The zero-order valence-electron chi connectivity index (χ0n) is 11.9. The van der Waals surface area contributed by atoms with Crippen molar-refractivity contribution in [3.8, 4) is 5.75 Å². The van der Waals surface area contributed by atoms with Crippen LogP contribution in [0, 0.1) is 0 Å². The van der Waals surface area contributed by atoms with Gasteiger partial charge < -0.3 is 9.84 Å². The molecule has 2 rings (SSSR count). The summed E-state index contributed by atoms with van der Waals surface area (Å²) in [5.74, 6) is -0.475. The number of benzene rings is 1. The van der Waals surface area contributed by atoms with Crippen molar-refractivity contribution in [2.24, 2.45) is 0 Å². The number of hydrogen-bond donors (Lipinski definition) is 1. The second kappa shape index (κ2) is 6.65. The summed E-state index contributed by atoms with van der Waals surface area (Å²) in [7, 11) is 0. The van der Waals surface area contributed by atoms with E-state index in [0.29, 0.717) is 5.75 Å². The topological polar surface area (TPSA) is 72.3 Å². The van der Waals surface area contributed by atoms with Crippen molar-refractivity contribution < 1.29 is 14.6 Å². The Hall–Kier alpha value is -2.69. The molecule has 0 amide bonds. The van der Waals surface area contributed by atoms with E-state index in [-0.39, 0.29) is 0 Å². The van der Waals surface area contributed by atoms with Crippen LogP contribution in [-0.4, -0.2) is 27.1 Å². The van der Waals surface area contributed by atoms with Crippen molar-refractivity contribution in [3.05, 3.63) is 54.1 Å². The minimum Gasteiger partial charge on any atom is -0.479 e. The molecule has 1 unspecified atom stereocenters. The molecule has 0 aliphatic rings. The monoisotopic (exact) mass is 284 g/mol. The highest BCUT2D eigenvalue weighted by molar-refractivity contribution is 5.78. The number of ether oxygens (including phenoxy) is 1. The molecule has 0 fully saturated rings. The van der Waals surface area contributed by atoms with Gasteiger partial charge in [-0.05, 0) is 43.2 Å². The SMILES string of the molecule is CC(=Cc1cccc(OC(C)C(=O)O)c1)c1cnccn1. The molecule has 0 radical (unpaired) electrons. The molecule has 0 saturated carbocycles. The Morgan fingerprint density at radius 3 is 2.86 bits per heavy atom. The summed E-state index contributed by atoms with van der Waals surface area (Å²) in [6, 6.07) is 7.26.